The number of likely N-dealkylation sites (tertiary alicyclic amines) is 1. The lowest BCUT2D eigenvalue weighted by atomic mass is 9.83. The normalized spacial score (nSPS) is 30.0. The first kappa shape index (κ1) is 12.4. The van der Waals surface area contributed by atoms with Crippen LogP contribution in [0.25, 0.3) is 0 Å². The van der Waals surface area contributed by atoms with Crippen LogP contribution >= 0.6 is 0 Å². The summed E-state index contributed by atoms with van der Waals surface area (Å²) < 4.78 is 0. The Morgan fingerprint density at radius 3 is 2.12 bits per heavy atom. The highest BCUT2D eigenvalue weighted by molar-refractivity contribution is 4.98. The van der Waals surface area contributed by atoms with Gasteiger partial charge in [-0.05, 0) is 54.0 Å². The van der Waals surface area contributed by atoms with Gasteiger partial charge in [-0.3, -0.25) is 9.80 Å². The molecular weight excluding hydrogens is 196 g/mol. The summed E-state index contributed by atoms with van der Waals surface area (Å²) in [7, 11) is 2.28. The topological polar surface area (TPSA) is 6.48 Å². The van der Waals surface area contributed by atoms with Crippen LogP contribution in [0, 0.1) is 0 Å². The average molecular weight is 224 g/mol. The molecule has 1 saturated heterocycles. The van der Waals surface area contributed by atoms with E-state index in [1.54, 1.807) is 0 Å². The SMILES string of the molecule is CC(C1CCN1C1CCC1)N(C)C(C)(C)C. The summed E-state index contributed by atoms with van der Waals surface area (Å²) in [5, 5.41) is 0. The Bertz CT molecular complexity index is 240. The van der Waals surface area contributed by atoms with Crippen LogP contribution in [0.5, 0.6) is 0 Å². The van der Waals surface area contributed by atoms with E-state index in [0.29, 0.717) is 11.6 Å². The predicted octanol–water partition coefficient (Wildman–Crippen LogP) is 2.73. The molecule has 1 aliphatic heterocycles. The molecule has 2 fully saturated rings. The molecule has 1 saturated carbocycles. The van der Waals surface area contributed by atoms with Crippen molar-refractivity contribution in [1.82, 2.24) is 9.80 Å². The fourth-order valence-corrected chi connectivity index (χ4v) is 2.99. The van der Waals surface area contributed by atoms with E-state index in [1.165, 1.54) is 32.2 Å². The van der Waals surface area contributed by atoms with Crippen molar-refractivity contribution in [3.8, 4) is 0 Å². The zero-order chi connectivity index (χ0) is 11.9. The highest BCUT2D eigenvalue weighted by Gasteiger charge is 2.41. The molecule has 2 nitrogen and oxygen atoms in total. The molecule has 2 aliphatic rings. The lowest BCUT2D eigenvalue weighted by Crippen LogP contribution is -2.64. The molecular formula is C14H28N2. The van der Waals surface area contributed by atoms with E-state index in [9.17, 15) is 0 Å². The number of likely N-dealkylation sites (N-methyl/N-ethyl adjacent to an activating group) is 1. The Morgan fingerprint density at radius 2 is 1.81 bits per heavy atom. The molecule has 0 radical (unpaired) electrons. The molecule has 0 aromatic heterocycles. The first-order chi connectivity index (χ1) is 7.41. The third-order valence-corrected chi connectivity index (χ3v) is 4.88. The lowest BCUT2D eigenvalue weighted by Gasteiger charge is -2.54. The van der Waals surface area contributed by atoms with Gasteiger partial charge in [0.25, 0.3) is 0 Å². The number of hydrogen-bond acceptors (Lipinski definition) is 2. The zero-order valence-electron chi connectivity index (χ0n) is 11.7. The van der Waals surface area contributed by atoms with Crippen LogP contribution in [0.15, 0.2) is 0 Å². The summed E-state index contributed by atoms with van der Waals surface area (Å²) >= 11 is 0. The van der Waals surface area contributed by atoms with Gasteiger partial charge in [0.2, 0.25) is 0 Å². The van der Waals surface area contributed by atoms with E-state index in [1.807, 2.05) is 0 Å². The maximum atomic E-state index is 2.76. The molecule has 2 unspecified atom stereocenters. The summed E-state index contributed by atoms with van der Waals surface area (Å²) in [4.78, 5) is 5.30. The molecule has 2 rings (SSSR count). The molecule has 2 atom stereocenters. The van der Waals surface area contributed by atoms with Gasteiger partial charge in [0, 0.05) is 30.2 Å². The summed E-state index contributed by atoms with van der Waals surface area (Å²) in [6.45, 7) is 10.7. The summed E-state index contributed by atoms with van der Waals surface area (Å²) in [5.74, 6) is 0. The summed E-state index contributed by atoms with van der Waals surface area (Å²) in [6.07, 6.45) is 5.75. The smallest absolute Gasteiger partial charge is 0.0264 e. The molecule has 1 heterocycles. The maximum absolute atomic E-state index is 2.76. The van der Waals surface area contributed by atoms with Gasteiger partial charge in [0.1, 0.15) is 0 Å². The molecule has 0 aromatic rings. The minimum atomic E-state index is 0.292. The molecule has 94 valence electrons. The van der Waals surface area contributed by atoms with Gasteiger partial charge in [-0.25, -0.2) is 0 Å². The van der Waals surface area contributed by atoms with Crippen LogP contribution in [-0.4, -0.2) is 47.1 Å². The third kappa shape index (κ3) is 2.14. The average Bonchev–Trinajstić information content (AvgIpc) is 2.06. The molecule has 2 heteroatoms. The monoisotopic (exact) mass is 224 g/mol. The fraction of sp³-hybridized carbons (Fsp3) is 1.00. The molecule has 0 spiro atoms. The molecule has 0 bridgehead atoms. The minimum Gasteiger partial charge on any atom is -0.297 e. The van der Waals surface area contributed by atoms with Crippen molar-refractivity contribution >= 4 is 0 Å². The van der Waals surface area contributed by atoms with Crippen LogP contribution in [0.1, 0.15) is 53.4 Å². The Hall–Kier alpha value is -0.0800. The number of rotatable bonds is 3. The van der Waals surface area contributed by atoms with Crippen molar-refractivity contribution in [3.63, 3.8) is 0 Å². The van der Waals surface area contributed by atoms with Gasteiger partial charge >= 0.3 is 0 Å². The van der Waals surface area contributed by atoms with E-state index in [2.05, 4.69) is 44.5 Å². The van der Waals surface area contributed by atoms with Crippen molar-refractivity contribution in [2.75, 3.05) is 13.6 Å². The van der Waals surface area contributed by atoms with Gasteiger partial charge in [-0.15, -0.1) is 0 Å². The van der Waals surface area contributed by atoms with Gasteiger partial charge in [-0.2, -0.15) is 0 Å². The second kappa shape index (κ2) is 4.30. The van der Waals surface area contributed by atoms with Crippen LogP contribution in [0.3, 0.4) is 0 Å². The number of hydrogen-bond donors (Lipinski definition) is 0. The second-order valence-electron chi connectivity index (χ2n) is 6.70. The predicted molar refractivity (Wildman–Crippen MR) is 69.7 cm³/mol. The van der Waals surface area contributed by atoms with Crippen molar-refractivity contribution in [2.45, 2.75) is 77.0 Å². The highest BCUT2D eigenvalue weighted by Crippen LogP contribution is 2.35. The van der Waals surface area contributed by atoms with Crippen LogP contribution < -0.4 is 0 Å². The fourth-order valence-electron chi connectivity index (χ4n) is 2.99. The van der Waals surface area contributed by atoms with Gasteiger partial charge in [-0.1, -0.05) is 6.42 Å². The Kier molecular flexibility index (Phi) is 3.33. The maximum Gasteiger partial charge on any atom is 0.0264 e. The van der Waals surface area contributed by atoms with Crippen LogP contribution in [0.4, 0.5) is 0 Å². The summed E-state index contributed by atoms with van der Waals surface area (Å²) in [5.41, 5.74) is 0.292. The van der Waals surface area contributed by atoms with E-state index >= 15 is 0 Å². The second-order valence-corrected chi connectivity index (χ2v) is 6.70. The van der Waals surface area contributed by atoms with Crippen molar-refractivity contribution in [2.24, 2.45) is 0 Å². The quantitative estimate of drug-likeness (QED) is 0.727. The first-order valence-corrected chi connectivity index (χ1v) is 6.90. The van der Waals surface area contributed by atoms with E-state index in [4.69, 9.17) is 0 Å². The molecule has 1 aliphatic carbocycles. The highest BCUT2D eigenvalue weighted by atomic mass is 15.3. The van der Waals surface area contributed by atoms with E-state index in [-0.39, 0.29) is 0 Å². The lowest BCUT2D eigenvalue weighted by molar-refractivity contribution is -0.0494. The Morgan fingerprint density at radius 1 is 1.19 bits per heavy atom. The zero-order valence-corrected chi connectivity index (χ0v) is 11.7. The van der Waals surface area contributed by atoms with E-state index < -0.39 is 0 Å². The Balaban J connectivity index is 1.91. The first-order valence-electron chi connectivity index (χ1n) is 6.90. The molecule has 16 heavy (non-hydrogen) atoms. The van der Waals surface area contributed by atoms with Gasteiger partial charge < -0.3 is 0 Å². The van der Waals surface area contributed by atoms with Crippen molar-refractivity contribution in [3.05, 3.63) is 0 Å². The van der Waals surface area contributed by atoms with Crippen LogP contribution in [-0.2, 0) is 0 Å². The molecule has 0 amide bonds. The summed E-state index contributed by atoms with van der Waals surface area (Å²) in [6, 6.07) is 2.43. The van der Waals surface area contributed by atoms with Crippen molar-refractivity contribution < 1.29 is 0 Å². The third-order valence-electron chi connectivity index (χ3n) is 4.88. The largest absolute Gasteiger partial charge is 0.297 e. The standard InChI is InChI=1S/C14H28N2/c1-11(15(5)14(2,3)4)13-9-10-16(13)12-7-6-8-12/h11-13H,6-10H2,1-5H3. The van der Waals surface area contributed by atoms with Gasteiger partial charge in [0.15, 0.2) is 0 Å². The molecule has 0 aromatic carbocycles. The van der Waals surface area contributed by atoms with Crippen molar-refractivity contribution in [1.29, 1.82) is 0 Å². The van der Waals surface area contributed by atoms with Gasteiger partial charge in [0.05, 0.1) is 0 Å². The van der Waals surface area contributed by atoms with E-state index in [0.717, 1.165) is 12.1 Å². The Labute approximate surface area is 101 Å². The molecule has 0 N–H and O–H groups in total. The van der Waals surface area contributed by atoms with Crippen LogP contribution in [0.2, 0.25) is 0 Å². The minimum absolute atomic E-state index is 0.292. The number of nitrogens with zero attached hydrogens (tertiary/aromatic N) is 2.